The molecule has 1 heterocycles. The van der Waals surface area contributed by atoms with E-state index in [1.54, 1.807) is 6.92 Å². The van der Waals surface area contributed by atoms with Crippen LogP contribution in [0.25, 0.3) is 0 Å². The zero-order valence-electron chi connectivity index (χ0n) is 10.9. The molecule has 1 amide bonds. The molecule has 1 aliphatic rings. The molecule has 114 valence electrons. The first-order valence-corrected chi connectivity index (χ1v) is 6.10. The molecule has 3 N–H and O–H groups in total. The van der Waals surface area contributed by atoms with Crippen molar-refractivity contribution in [1.82, 2.24) is 10.2 Å². The molecule has 0 aliphatic carbocycles. The SMILES string of the molecule is CC(N)CC(=O)NC1CCN(CC(F)(F)F)CC1.Cl. The van der Waals surface area contributed by atoms with E-state index in [4.69, 9.17) is 5.73 Å². The van der Waals surface area contributed by atoms with Gasteiger partial charge in [-0.15, -0.1) is 12.4 Å². The smallest absolute Gasteiger partial charge is 0.353 e. The number of rotatable bonds is 4. The Kier molecular flexibility index (Phi) is 7.69. The largest absolute Gasteiger partial charge is 0.401 e. The second-order valence-corrected chi connectivity index (χ2v) is 4.91. The van der Waals surface area contributed by atoms with Crippen molar-refractivity contribution in [2.45, 2.75) is 44.4 Å². The Labute approximate surface area is 117 Å². The first-order valence-electron chi connectivity index (χ1n) is 6.10. The molecule has 1 unspecified atom stereocenters. The first-order chi connectivity index (χ1) is 8.26. The highest BCUT2D eigenvalue weighted by atomic mass is 35.5. The Morgan fingerprint density at radius 2 is 1.95 bits per heavy atom. The fourth-order valence-corrected chi connectivity index (χ4v) is 2.07. The van der Waals surface area contributed by atoms with E-state index in [0.29, 0.717) is 25.9 Å². The van der Waals surface area contributed by atoms with Gasteiger partial charge < -0.3 is 11.1 Å². The van der Waals surface area contributed by atoms with E-state index in [1.807, 2.05) is 0 Å². The highest BCUT2D eigenvalue weighted by Gasteiger charge is 2.32. The second-order valence-electron chi connectivity index (χ2n) is 4.91. The monoisotopic (exact) mass is 303 g/mol. The molecule has 1 fully saturated rings. The number of nitrogens with one attached hydrogen (secondary N) is 1. The Morgan fingerprint density at radius 3 is 2.37 bits per heavy atom. The van der Waals surface area contributed by atoms with Gasteiger partial charge in [-0.3, -0.25) is 9.69 Å². The highest BCUT2D eigenvalue weighted by Crippen LogP contribution is 2.19. The van der Waals surface area contributed by atoms with Crippen molar-refractivity contribution in [2.75, 3.05) is 19.6 Å². The van der Waals surface area contributed by atoms with E-state index in [9.17, 15) is 18.0 Å². The third-order valence-corrected chi connectivity index (χ3v) is 2.86. The topological polar surface area (TPSA) is 58.4 Å². The Balaban J connectivity index is 0.00000324. The van der Waals surface area contributed by atoms with Crippen LogP contribution in [0.4, 0.5) is 13.2 Å². The molecule has 0 aromatic rings. The minimum atomic E-state index is -4.15. The van der Waals surface area contributed by atoms with Gasteiger partial charge in [-0.2, -0.15) is 13.2 Å². The molecular formula is C11H21ClF3N3O. The number of nitrogens with zero attached hydrogens (tertiary/aromatic N) is 1. The van der Waals surface area contributed by atoms with E-state index in [1.165, 1.54) is 4.90 Å². The van der Waals surface area contributed by atoms with Gasteiger partial charge in [0.15, 0.2) is 0 Å². The predicted octanol–water partition coefficient (Wildman–Crippen LogP) is 1.29. The molecule has 0 spiro atoms. The van der Waals surface area contributed by atoms with Crippen LogP contribution < -0.4 is 11.1 Å². The number of alkyl halides is 3. The molecule has 0 bridgehead atoms. The van der Waals surface area contributed by atoms with Gasteiger partial charge in [0.05, 0.1) is 6.54 Å². The molecular weight excluding hydrogens is 283 g/mol. The Hall–Kier alpha value is -0.530. The van der Waals surface area contributed by atoms with Crippen molar-refractivity contribution in [2.24, 2.45) is 5.73 Å². The second kappa shape index (κ2) is 7.91. The van der Waals surface area contributed by atoms with Crippen LogP contribution in [0.5, 0.6) is 0 Å². The molecule has 4 nitrogen and oxygen atoms in total. The maximum Gasteiger partial charge on any atom is 0.401 e. The van der Waals surface area contributed by atoms with Crippen molar-refractivity contribution in [1.29, 1.82) is 0 Å². The summed E-state index contributed by atoms with van der Waals surface area (Å²) < 4.78 is 36.5. The van der Waals surface area contributed by atoms with Gasteiger partial charge >= 0.3 is 6.18 Å². The molecule has 1 saturated heterocycles. The van der Waals surface area contributed by atoms with Gasteiger partial charge in [-0.05, 0) is 19.8 Å². The first kappa shape index (κ1) is 18.5. The van der Waals surface area contributed by atoms with Gasteiger partial charge in [-0.1, -0.05) is 0 Å². The molecule has 0 radical (unpaired) electrons. The summed E-state index contributed by atoms with van der Waals surface area (Å²) in [5.74, 6) is -0.126. The van der Waals surface area contributed by atoms with Crippen LogP contribution in [0.2, 0.25) is 0 Å². The van der Waals surface area contributed by atoms with Gasteiger partial charge in [0.2, 0.25) is 5.91 Å². The highest BCUT2D eigenvalue weighted by molar-refractivity contribution is 5.85. The summed E-state index contributed by atoms with van der Waals surface area (Å²) in [6, 6.07) is -0.226. The normalized spacial score (nSPS) is 19.6. The predicted molar refractivity (Wildman–Crippen MR) is 69.2 cm³/mol. The zero-order chi connectivity index (χ0) is 13.8. The summed E-state index contributed by atoms with van der Waals surface area (Å²) in [7, 11) is 0. The number of carbonyl (C=O) groups excluding carboxylic acids is 1. The van der Waals surface area contributed by atoms with Gasteiger partial charge in [0.25, 0.3) is 0 Å². The molecule has 1 rings (SSSR count). The summed E-state index contributed by atoms with van der Waals surface area (Å²) in [4.78, 5) is 12.8. The van der Waals surface area contributed by atoms with Crippen molar-refractivity contribution in [3.63, 3.8) is 0 Å². The molecule has 0 saturated carbocycles. The number of amides is 1. The maximum absolute atomic E-state index is 12.2. The molecule has 19 heavy (non-hydrogen) atoms. The third kappa shape index (κ3) is 8.28. The number of hydrogen-bond donors (Lipinski definition) is 2. The average Bonchev–Trinajstić information content (AvgIpc) is 2.17. The van der Waals surface area contributed by atoms with E-state index < -0.39 is 12.7 Å². The Bertz CT molecular complexity index is 279. The lowest BCUT2D eigenvalue weighted by Gasteiger charge is -2.32. The summed E-state index contributed by atoms with van der Waals surface area (Å²) >= 11 is 0. The molecule has 0 aromatic carbocycles. The van der Waals surface area contributed by atoms with E-state index in [2.05, 4.69) is 5.32 Å². The summed E-state index contributed by atoms with van der Waals surface area (Å²) in [6.45, 7) is 1.60. The summed E-state index contributed by atoms with van der Waals surface area (Å²) in [5, 5.41) is 2.81. The number of piperidine rings is 1. The number of likely N-dealkylation sites (tertiary alicyclic amines) is 1. The minimum Gasteiger partial charge on any atom is -0.353 e. The maximum atomic E-state index is 12.2. The zero-order valence-corrected chi connectivity index (χ0v) is 11.7. The number of halogens is 4. The van der Waals surface area contributed by atoms with Crippen LogP contribution in [0.1, 0.15) is 26.2 Å². The van der Waals surface area contributed by atoms with Gasteiger partial charge in [0, 0.05) is 31.6 Å². The molecule has 8 heteroatoms. The lowest BCUT2D eigenvalue weighted by Crippen LogP contribution is -2.47. The Morgan fingerprint density at radius 1 is 1.42 bits per heavy atom. The van der Waals surface area contributed by atoms with Crippen molar-refractivity contribution < 1.29 is 18.0 Å². The molecule has 1 aliphatic heterocycles. The third-order valence-electron chi connectivity index (χ3n) is 2.86. The van der Waals surface area contributed by atoms with Crippen molar-refractivity contribution in [3.8, 4) is 0 Å². The number of carbonyl (C=O) groups is 1. The lowest BCUT2D eigenvalue weighted by molar-refractivity contribution is -0.148. The van der Waals surface area contributed by atoms with Crippen LogP contribution >= 0.6 is 12.4 Å². The average molecular weight is 304 g/mol. The fraction of sp³-hybridized carbons (Fsp3) is 0.909. The van der Waals surface area contributed by atoms with Crippen LogP contribution in [0, 0.1) is 0 Å². The van der Waals surface area contributed by atoms with E-state index in [0.717, 1.165) is 0 Å². The molecule has 1 atom stereocenters. The number of hydrogen-bond acceptors (Lipinski definition) is 3. The van der Waals surface area contributed by atoms with Crippen molar-refractivity contribution >= 4 is 18.3 Å². The fourth-order valence-electron chi connectivity index (χ4n) is 2.07. The molecule has 0 aromatic heterocycles. The standard InChI is InChI=1S/C11H20F3N3O.ClH/c1-8(15)6-10(18)16-9-2-4-17(5-3-9)7-11(12,13)14;/h8-9H,2-7,15H2,1H3,(H,16,18);1H. The summed E-state index contributed by atoms with van der Waals surface area (Å²) in [6.07, 6.45) is -2.78. The quantitative estimate of drug-likeness (QED) is 0.823. The van der Waals surface area contributed by atoms with Crippen LogP contribution in [0.3, 0.4) is 0 Å². The lowest BCUT2D eigenvalue weighted by atomic mass is 10.0. The van der Waals surface area contributed by atoms with E-state index in [-0.39, 0.29) is 36.8 Å². The van der Waals surface area contributed by atoms with Gasteiger partial charge in [-0.25, -0.2) is 0 Å². The van der Waals surface area contributed by atoms with Crippen molar-refractivity contribution in [3.05, 3.63) is 0 Å². The number of nitrogens with two attached hydrogens (primary N) is 1. The van der Waals surface area contributed by atoms with Crippen LogP contribution in [-0.4, -0.2) is 48.7 Å². The van der Waals surface area contributed by atoms with Gasteiger partial charge in [0.1, 0.15) is 0 Å². The van der Waals surface area contributed by atoms with Crippen LogP contribution in [0.15, 0.2) is 0 Å². The minimum absolute atomic E-state index is 0. The van der Waals surface area contributed by atoms with Crippen LogP contribution in [-0.2, 0) is 4.79 Å². The summed E-state index contributed by atoms with van der Waals surface area (Å²) in [5.41, 5.74) is 5.50. The van der Waals surface area contributed by atoms with E-state index >= 15 is 0 Å².